The summed E-state index contributed by atoms with van der Waals surface area (Å²) >= 11 is 0. The van der Waals surface area contributed by atoms with Crippen LogP contribution in [0, 0.1) is 17.8 Å². The van der Waals surface area contributed by atoms with Crippen molar-refractivity contribution >= 4 is 0 Å². The first kappa shape index (κ1) is 20.5. The fourth-order valence-electron chi connectivity index (χ4n) is 4.08. The van der Waals surface area contributed by atoms with Crippen molar-refractivity contribution in [2.45, 2.75) is 70.6 Å². The molecule has 0 saturated heterocycles. The summed E-state index contributed by atoms with van der Waals surface area (Å²) in [6.45, 7) is 0.784. The number of hydrogen-bond donors (Lipinski definition) is 0. The van der Waals surface area contributed by atoms with Gasteiger partial charge in [0.1, 0.15) is 5.75 Å². The fourth-order valence-corrected chi connectivity index (χ4v) is 4.08. The summed E-state index contributed by atoms with van der Waals surface area (Å²) in [7, 11) is 0. The lowest BCUT2D eigenvalue weighted by Crippen LogP contribution is -1.99. The third kappa shape index (κ3) is 7.43. The van der Waals surface area contributed by atoms with Crippen LogP contribution in [-0.4, -0.2) is 6.61 Å². The maximum atomic E-state index is 6.02. The Balaban J connectivity index is 1.30. The first-order valence-electron chi connectivity index (χ1n) is 11.2. The number of para-hydroxylation sites is 1. The number of ether oxygens (including phenoxy) is 1. The highest BCUT2D eigenvalue weighted by molar-refractivity contribution is 5.49. The molecule has 0 heterocycles. The van der Waals surface area contributed by atoms with E-state index in [-0.39, 0.29) is 0 Å². The Bertz CT molecular complexity index is 732. The minimum Gasteiger partial charge on any atom is -0.492 e. The Hall–Kier alpha value is -2.20. The second-order valence-electron chi connectivity index (χ2n) is 8.02. The van der Waals surface area contributed by atoms with Crippen molar-refractivity contribution in [3.05, 3.63) is 65.7 Å². The Morgan fingerprint density at radius 3 is 2.21 bits per heavy atom. The summed E-state index contributed by atoms with van der Waals surface area (Å²) in [4.78, 5) is 0. The van der Waals surface area contributed by atoms with E-state index in [1.165, 1.54) is 64.2 Å². The van der Waals surface area contributed by atoms with Gasteiger partial charge < -0.3 is 4.74 Å². The molecule has 0 spiro atoms. The number of hydrogen-bond acceptors (Lipinski definition) is 1. The monoisotopic (exact) mass is 374 g/mol. The molecule has 1 saturated carbocycles. The molecule has 1 nitrogen and oxygen atoms in total. The largest absolute Gasteiger partial charge is 0.492 e. The van der Waals surface area contributed by atoms with Gasteiger partial charge in [-0.15, -0.1) is 0 Å². The van der Waals surface area contributed by atoms with Crippen molar-refractivity contribution in [2.75, 3.05) is 6.61 Å². The Morgan fingerprint density at radius 2 is 1.39 bits per heavy atom. The third-order valence-corrected chi connectivity index (χ3v) is 5.74. The smallest absolute Gasteiger partial charge is 0.134 e. The van der Waals surface area contributed by atoms with E-state index >= 15 is 0 Å². The number of unbranched alkanes of at least 4 members (excludes halogenated alkanes) is 5. The van der Waals surface area contributed by atoms with E-state index in [4.69, 9.17) is 4.74 Å². The van der Waals surface area contributed by atoms with Crippen molar-refractivity contribution in [3.8, 4) is 17.6 Å². The lowest BCUT2D eigenvalue weighted by atomic mass is 9.99. The van der Waals surface area contributed by atoms with Crippen molar-refractivity contribution in [1.82, 2.24) is 0 Å². The van der Waals surface area contributed by atoms with Crippen LogP contribution in [0.2, 0.25) is 0 Å². The molecule has 0 atom stereocenters. The molecule has 0 aliphatic heterocycles. The van der Waals surface area contributed by atoms with Crippen LogP contribution in [0.3, 0.4) is 0 Å². The zero-order chi connectivity index (χ0) is 19.3. The van der Waals surface area contributed by atoms with E-state index in [2.05, 4.69) is 11.8 Å². The summed E-state index contributed by atoms with van der Waals surface area (Å²) in [6.07, 6.45) is 15.4. The van der Waals surface area contributed by atoms with Gasteiger partial charge in [-0.05, 0) is 36.6 Å². The van der Waals surface area contributed by atoms with Crippen molar-refractivity contribution in [1.29, 1.82) is 0 Å². The van der Waals surface area contributed by atoms with Crippen LogP contribution >= 0.6 is 0 Å². The van der Waals surface area contributed by atoms with E-state index in [0.717, 1.165) is 35.8 Å². The van der Waals surface area contributed by atoms with Gasteiger partial charge in [-0.25, -0.2) is 0 Å². The molecule has 148 valence electrons. The quantitative estimate of drug-likeness (QED) is 0.311. The van der Waals surface area contributed by atoms with E-state index in [9.17, 15) is 0 Å². The van der Waals surface area contributed by atoms with Gasteiger partial charge in [0, 0.05) is 5.56 Å². The van der Waals surface area contributed by atoms with Gasteiger partial charge in [0.15, 0.2) is 0 Å². The van der Waals surface area contributed by atoms with Gasteiger partial charge in [0.05, 0.1) is 12.2 Å². The highest BCUT2D eigenvalue weighted by Gasteiger charge is 2.13. The summed E-state index contributed by atoms with van der Waals surface area (Å²) in [6, 6.07) is 18.2. The van der Waals surface area contributed by atoms with Crippen LogP contribution < -0.4 is 4.74 Å². The number of rotatable bonds is 10. The summed E-state index contributed by atoms with van der Waals surface area (Å²) in [5.74, 6) is 8.43. The molecule has 2 aromatic rings. The molecule has 0 unspecified atom stereocenters. The second-order valence-corrected chi connectivity index (χ2v) is 8.02. The molecule has 1 aliphatic rings. The fraction of sp³-hybridized carbons (Fsp3) is 0.481. The lowest BCUT2D eigenvalue weighted by molar-refractivity contribution is 0.303. The third-order valence-electron chi connectivity index (χ3n) is 5.74. The normalized spacial score (nSPS) is 13.9. The van der Waals surface area contributed by atoms with Gasteiger partial charge in [0.2, 0.25) is 0 Å². The minimum absolute atomic E-state index is 0.784. The highest BCUT2D eigenvalue weighted by Crippen LogP contribution is 2.29. The maximum absolute atomic E-state index is 6.02. The van der Waals surface area contributed by atoms with Crippen molar-refractivity contribution in [3.63, 3.8) is 0 Å². The van der Waals surface area contributed by atoms with Crippen LogP contribution in [-0.2, 0) is 0 Å². The molecule has 0 bridgehead atoms. The van der Waals surface area contributed by atoms with Crippen LogP contribution in [0.25, 0.3) is 0 Å². The molecule has 1 heteroatoms. The van der Waals surface area contributed by atoms with Crippen LogP contribution in [0.4, 0.5) is 0 Å². The molecule has 28 heavy (non-hydrogen) atoms. The molecule has 3 rings (SSSR count). The zero-order valence-corrected chi connectivity index (χ0v) is 17.2. The number of benzene rings is 2. The molecular weight excluding hydrogens is 340 g/mol. The molecule has 1 fully saturated rings. The van der Waals surface area contributed by atoms with Crippen LogP contribution in [0.15, 0.2) is 54.6 Å². The van der Waals surface area contributed by atoms with E-state index in [0.29, 0.717) is 0 Å². The zero-order valence-electron chi connectivity index (χ0n) is 17.2. The second kappa shape index (κ2) is 12.3. The molecule has 0 aromatic heterocycles. The molecule has 1 aliphatic carbocycles. The average molecular weight is 375 g/mol. The van der Waals surface area contributed by atoms with Gasteiger partial charge in [-0.1, -0.05) is 106 Å². The Morgan fingerprint density at radius 1 is 0.714 bits per heavy atom. The summed E-state index contributed by atoms with van der Waals surface area (Å²) in [5, 5.41) is 0. The first-order chi connectivity index (χ1) is 13.9. The maximum Gasteiger partial charge on any atom is 0.134 e. The summed E-state index contributed by atoms with van der Waals surface area (Å²) in [5.41, 5.74) is 2.00. The van der Waals surface area contributed by atoms with Gasteiger partial charge >= 0.3 is 0 Å². The van der Waals surface area contributed by atoms with Crippen LogP contribution in [0.1, 0.15) is 81.8 Å². The van der Waals surface area contributed by atoms with Gasteiger partial charge in [-0.2, -0.15) is 0 Å². The van der Waals surface area contributed by atoms with E-state index in [1.807, 2.05) is 54.6 Å². The van der Waals surface area contributed by atoms with Crippen molar-refractivity contribution < 1.29 is 4.74 Å². The van der Waals surface area contributed by atoms with E-state index < -0.39 is 0 Å². The Kier molecular flexibility index (Phi) is 9.02. The molecule has 0 radical (unpaired) electrons. The average Bonchev–Trinajstić information content (AvgIpc) is 3.26. The van der Waals surface area contributed by atoms with Gasteiger partial charge in [0.25, 0.3) is 0 Å². The molecular formula is C27H34O. The first-order valence-corrected chi connectivity index (χ1v) is 11.2. The predicted octanol–water partition coefficient (Wildman–Crippen LogP) is 7.39. The van der Waals surface area contributed by atoms with Crippen molar-refractivity contribution in [2.24, 2.45) is 5.92 Å². The Labute approximate surface area is 171 Å². The molecule has 0 N–H and O–H groups in total. The lowest BCUT2D eigenvalue weighted by Gasteiger charge is -2.09. The highest BCUT2D eigenvalue weighted by atomic mass is 16.5. The predicted molar refractivity (Wildman–Crippen MR) is 119 cm³/mol. The molecule has 0 amide bonds. The van der Waals surface area contributed by atoms with Gasteiger partial charge in [-0.3, -0.25) is 0 Å². The van der Waals surface area contributed by atoms with Crippen LogP contribution in [0.5, 0.6) is 5.75 Å². The molecule has 2 aromatic carbocycles. The topological polar surface area (TPSA) is 9.23 Å². The SMILES string of the molecule is C(#Cc1ccccc1OCCCCCCCCC1CCCC1)c1ccccc1. The van der Waals surface area contributed by atoms with E-state index in [1.54, 1.807) is 0 Å². The summed E-state index contributed by atoms with van der Waals surface area (Å²) < 4.78 is 6.02. The standard InChI is InChI=1S/C27H34O/c1(3-6-14-24-17-9-10-18-24)2-4-13-23-28-27-20-12-11-19-26(27)22-21-25-15-7-5-8-16-25/h5,7-8,11-12,15-16,19-20,24H,1-4,6,9-10,13-14,17-18,23H2. The minimum atomic E-state index is 0.784.